The molecule has 0 spiro atoms. The van der Waals surface area contributed by atoms with Crippen molar-refractivity contribution >= 4 is 5.69 Å². The van der Waals surface area contributed by atoms with Crippen LogP contribution in [0.2, 0.25) is 0 Å². The van der Waals surface area contributed by atoms with Gasteiger partial charge in [0.1, 0.15) is 0 Å². The smallest absolute Gasteiger partial charge is 0.0413 e. The third-order valence-corrected chi connectivity index (χ3v) is 4.97. The van der Waals surface area contributed by atoms with Crippen molar-refractivity contribution in [3.63, 3.8) is 0 Å². The van der Waals surface area contributed by atoms with Crippen LogP contribution < -0.4 is 10.2 Å². The SMILES string of the molecule is CCC1CNC(C)(C)CN1c1cccc2c1CCCC2. The number of anilines is 1. The van der Waals surface area contributed by atoms with Gasteiger partial charge in [0.2, 0.25) is 0 Å². The lowest BCUT2D eigenvalue weighted by Crippen LogP contribution is -2.61. The van der Waals surface area contributed by atoms with Gasteiger partial charge in [0.15, 0.2) is 0 Å². The predicted molar refractivity (Wildman–Crippen MR) is 86.6 cm³/mol. The second-order valence-corrected chi connectivity index (χ2v) is 7.08. The van der Waals surface area contributed by atoms with Crippen molar-refractivity contribution in [2.75, 3.05) is 18.0 Å². The van der Waals surface area contributed by atoms with E-state index < -0.39 is 0 Å². The molecular weight excluding hydrogens is 244 g/mol. The van der Waals surface area contributed by atoms with Crippen LogP contribution in [-0.2, 0) is 12.8 Å². The van der Waals surface area contributed by atoms with Crippen molar-refractivity contribution in [3.05, 3.63) is 29.3 Å². The van der Waals surface area contributed by atoms with Crippen molar-refractivity contribution in [1.82, 2.24) is 5.32 Å². The molecule has 0 bridgehead atoms. The summed E-state index contributed by atoms with van der Waals surface area (Å²) in [6.07, 6.45) is 6.48. The molecule has 1 saturated heterocycles. The number of benzene rings is 1. The Labute approximate surface area is 123 Å². The van der Waals surface area contributed by atoms with Crippen LogP contribution in [0.15, 0.2) is 18.2 Å². The molecule has 1 aliphatic heterocycles. The average Bonchev–Trinajstić information content (AvgIpc) is 2.46. The van der Waals surface area contributed by atoms with Gasteiger partial charge in [-0.15, -0.1) is 0 Å². The molecule has 1 aromatic rings. The molecule has 2 heteroatoms. The standard InChI is InChI=1S/C18H28N2/c1-4-15-12-19-18(2,3)13-20(15)17-11-7-9-14-8-5-6-10-16(14)17/h7,9,11,15,19H,4-6,8,10,12-13H2,1-3H3. The number of fused-ring (bicyclic) bond motifs is 1. The van der Waals surface area contributed by atoms with Gasteiger partial charge < -0.3 is 10.2 Å². The van der Waals surface area contributed by atoms with E-state index in [0.717, 1.165) is 13.1 Å². The summed E-state index contributed by atoms with van der Waals surface area (Å²) in [6, 6.07) is 7.60. The van der Waals surface area contributed by atoms with E-state index in [1.165, 1.54) is 37.8 Å². The topological polar surface area (TPSA) is 15.3 Å². The Hall–Kier alpha value is -1.02. The number of hydrogen-bond donors (Lipinski definition) is 1. The van der Waals surface area contributed by atoms with E-state index in [1.54, 1.807) is 11.1 Å². The van der Waals surface area contributed by atoms with Gasteiger partial charge in [0, 0.05) is 30.4 Å². The third-order valence-electron chi connectivity index (χ3n) is 4.97. The van der Waals surface area contributed by atoms with Gasteiger partial charge >= 0.3 is 0 Å². The summed E-state index contributed by atoms with van der Waals surface area (Å²) < 4.78 is 0. The number of rotatable bonds is 2. The van der Waals surface area contributed by atoms with Crippen LogP contribution in [-0.4, -0.2) is 24.7 Å². The molecule has 1 N–H and O–H groups in total. The van der Waals surface area contributed by atoms with Gasteiger partial charge in [-0.05, 0) is 63.1 Å². The van der Waals surface area contributed by atoms with Crippen LogP contribution in [0.25, 0.3) is 0 Å². The Balaban J connectivity index is 1.97. The van der Waals surface area contributed by atoms with Crippen LogP contribution in [0.3, 0.4) is 0 Å². The van der Waals surface area contributed by atoms with E-state index >= 15 is 0 Å². The third kappa shape index (κ3) is 2.58. The molecule has 1 fully saturated rings. The predicted octanol–water partition coefficient (Wildman–Crippen LogP) is 3.53. The number of aryl methyl sites for hydroxylation is 1. The van der Waals surface area contributed by atoms with Crippen LogP contribution >= 0.6 is 0 Å². The lowest BCUT2D eigenvalue weighted by atomic mass is 9.88. The number of piperazine rings is 1. The van der Waals surface area contributed by atoms with Crippen LogP contribution in [0.5, 0.6) is 0 Å². The molecule has 3 rings (SSSR count). The molecule has 1 atom stereocenters. The van der Waals surface area contributed by atoms with Crippen molar-refractivity contribution in [2.24, 2.45) is 0 Å². The second-order valence-electron chi connectivity index (χ2n) is 7.08. The van der Waals surface area contributed by atoms with Crippen molar-refractivity contribution < 1.29 is 0 Å². The molecule has 1 aromatic carbocycles. The van der Waals surface area contributed by atoms with Crippen molar-refractivity contribution in [1.29, 1.82) is 0 Å². The molecular formula is C18H28N2. The molecule has 20 heavy (non-hydrogen) atoms. The summed E-state index contributed by atoms with van der Waals surface area (Å²) in [5, 5.41) is 3.70. The largest absolute Gasteiger partial charge is 0.365 e. The normalized spacial score (nSPS) is 25.4. The summed E-state index contributed by atoms with van der Waals surface area (Å²) in [6.45, 7) is 9.17. The van der Waals surface area contributed by atoms with Gasteiger partial charge in [-0.1, -0.05) is 19.1 Å². The molecule has 0 saturated carbocycles. The first kappa shape index (κ1) is 13.9. The summed E-state index contributed by atoms with van der Waals surface area (Å²) in [5.74, 6) is 0. The zero-order valence-electron chi connectivity index (χ0n) is 13.2. The molecule has 2 nitrogen and oxygen atoms in total. The van der Waals surface area contributed by atoms with Gasteiger partial charge in [-0.3, -0.25) is 0 Å². The van der Waals surface area contributed by atoms with Crippen molar-refractivity contribution in [2.45, 2.75) is 64.5 Å². The summed E-state index contributed by atoms with van der Waals surface area (Å²) >= 11 is 0. The summed E-state index contributed by atoms with van der Waals surface area (Å²) in [5.41, 5.74) is 4.96. The molecule has 1 heterocycles. The van der Waals surface area contributed by atoms with E-state index in [4.69, 9.17) is 0 Å². The van der Waals surface area contributed by atoms with E-state index in [1.807, 2.05) is 0 Å². The number of nitrogens with zero attached hydrogens (tertiary/aromatic N) is 1. The minimum atomic E-state index is 0.211. The molecule has 110 valence electrons. The minimum Gasteiger partial charge on any atom is -0.365 e. The Morgan fingerprint density at radius 3 is 2.85 bits per heavy atom. The van der Waals surface area contributed by atoms with Gasteiger partial charge in [0.05, 0.1) is 0 Å². The highest BCUT2D eigenvalue weighted by Gasteiger charge is 2.33. The zero-order chi connectivity index (χ0) is 14.2. The van der Waals surface area contributed by atoms with E-state index in [2.05, 4.69) is 49.2 Å². The minimum absolute atomic E-state index is 0.211. The van der Waals surface area contributed by atoms with E-state index in [0.29, 0.717) is 6.04 Å². The first-order valence-corrected chi connectivity index (χ1v) is 8.23. The molecule has 1 unspecified atom stereocenters. The van der Waals surface area contributed by atoms with Gasteiger partial charge in [-0.25, -0.2) is 0 Å². The molecule has 1 aliphatic carbocycles. The maximum Gasteiger partial charge on any atom is 0.0413 e. The van der Waals surface area contributed by atoms with Gasteiger partial charge in [0.25, 0.3) is 0 Å². The zero-order valence-corrected chi connectivity index (χ0v) is 13.2. The Kier molecular flexibility index (Phi) is 3.76. The van der Waals surface area contributed by atoms with E-state index in [-0.39, 0.29) is 5.54 Å². The van der Waals surface area contributed by atoms with Crippen LogP contribution in [0.4, 0.5) is 5.69 Å². The first-order valence-electron chi connectivity index (χ1n) is 8.23. The fraction of sp³-hybridized carbons (Fsp3) is 0.667. The quantitative estimate of drug-likeness (QED) is 0.886. The fourth-order valence-electron chi connectivity index (χ4n) is 3.79. The number of hydrogen-bond acceptors (Lipinski definition) is 2. The number of nitrogens with one attached hydrogen (secondary N) is 1. The highest BCUT2D eigenvalue weighted by atomic mass is 15.3. The molecule has 0 radical (unpaired) electrons. The monoisotopic (exact) mass is 272 g/mol. The molecule has 2 aliphatic rings. The van der Waals surface area contributed by atoms with Crippen molar-refractivity contribution in [3.8, 4) is 0 Å². The highest BCUT2D eigenvalue weighted by molar-refractivity contribution is 5.59. The van der Waals surface area contributed by atoms with Gasteiger partial charge in [-0.2, -0.15) is 0 Å². The summed E-state index contributed by atoms with van der Waals surface area (Å²) in [4.78, 5) is 2.68. The first-order chi connectivity index (χ1) is 9.61. The maximum absolute atomic E-state index is 3.70. The Morgan fingerprint density at radius 2 is 2.05 bits per heavy atom. The summed E-state index contributed by atoms with van der Waals surface area (Å²) in [7, 11) is 0. The fourth-order valence-corrected chi connectivity index (χ4v) is 3.79. The molecule has 0 amide bonds. The molecule has 0 aromatic heterocycles. The second kappa shape index (κ2) is 5.40. The Bertz CT molecular complexity index is 478. The lowest BCUT2D eigenvalue weighted by Gasteiger charge is -2.47. The highest BCUT2D eigenvalue weighted by Crippen LogP contribution is 2.33. The Morgan fingerprint density at radius 1 is 1.25 bits per heavy atom. The van der Waals surface area contributed by atoms with E-state index in [9.17, 15) is 0 Å². The van der Waals surface area contributed by atoms with Crippen LogP contribution in [0, 0.1) is 0 Å². The van der Waals surface area contributed by atoms with Crippen LogP contribution in [0.1, 0.15) is 51.2 Å². The average molecular weight is 272 g/mol. The maximum atomic E-state index is 3.70. The lowest BCUT2D eigenvalue weighted by molar-refractivity contribution is 0.305.